The second-order valence-electron chi connectivity index (χ2n) is 2.96. The quantitative estimate of drug-likeness (QED) is 0.556. The molecule has 1 aromatic rings. The van der Waals surface area contributed by atoms with E-state index < -0.39 is 0 Å². The van der Waals surface area contributed by atoms with Crippen LogP contribution in [0.5, 0.6) is 0 Å². The second-order valence-corrected chi connectivity index (χ2v) is 2.96. The van der Waals surface area contributed by atoms with Crippen LogP contribution in [-0.2, 0) is 23.0 Å². The molecule has 0 bridgehead atoms. The lowest BCUT2D eigenvalue weighted by Crippen LogP contribution is -2.06. The maximum absolute atomic E-state index is 11.2. The van der Waals surface area contributed by atoms with Crippen molar-refractivity contribution >= 4 is 5.97 Å². The number of hydrogen-bond donors (Lipinski definition) is 1. The van der Waals surface area contributed by atoms with Crippen molar-refractivity contribution in [3.8, 4) is 0 Å². The summed E-state index contributed by atoms with van der Waals surface area (Å²) in [6.07, 6.45) is 2.53. The molecule has 1 rings (SSSR count). The first-order chi connectivity index (χ1) is 6.69. The molecule has 0 radical (unpaired) electrons. The monoisotopic (exact) mass is 198 g/mol. The van der Waals surface area contributed by atoms with Gasteiger partial charge in [0.15, 0.2) is 0 Å². The number of ether oxygens (including phenoxy) is 1. The lowest BCUT2D eigenvalue weighted by molar-refractivity contribution is 0.0590. The number of esters is 1. The summed E-state index contributed by atoms with van der Waals surface area (Å²) in [5.74, 6) is 4.57. The first kappa shape index (κ1) is 10.7. The van der Waals surface area contributed by atoms with Crippen molar-refractivity contribution in [1.82, 2.24) is 4.57 Å². The zero-order valence-electron chi connectivity index (χ0n) is 8.32. The number of methoxy groups -OCH3 is 1. The molecule has 5 heteroatoms. The van der Waals surface area contributed by atoms with E-state index in [4.69, 9.17) is 5.90 Å². The number of carbonyl (C=O) groups excluding carboxylic acids is 1. The fourth-order valence-corrected chi connectivity index (χ4v) is 1.25. The Bertz CT molecular complexity index is 320. The predicted molar refractivity (Wildman–Crippen MR) is 50.6 cm³/mol. The first-order valence-corrected chi connectivity index (χ1v) is 4.24. The summed E-state index contributed by atoms with van der Waals surface area (Å²) in [6, 6.07) is 1.77. The Hall–Kier alpha value is -1.33. The average Bonchev–Trinajstić information content (AvgIpc) is 2.55. The predicted octanol–water partition coefficient (Wildman–Crippen LogP) is 0.244. The highest BCUT2D eigenvalue weighted by atomic mass is 16.6. The van der Waals surface area contributed by atoms with E-state index in [1.54, 1.807) is 17.7 Å². The molecule has 1 heterocycles. The van der Waals surface area contributed by atoms with E-state index in [-0.39, 0.29) is 5.97 Å². The molecule has 0 aliphatic heterocycles. The van der Waals surface area contributed by atoms with Crippen molar-refractivity contribution in [3.63, 3.8) is 0 Å². The molecule has 2 N–H and O–H groups in total. The molecule has 1 aromatic heterocycles. The SMILES string of the molecule is COC(=O)c1cc(CCON)cn1C. The molecular formula is C9H14N2O3. The van der Waals surface area contributed by atoms with Crippen LogP contribution in [0.4, 0.5) is 0 Å². The smallest absolute Gasteiger partial charge is 0.354 e. The van der Waals surface area contributed by atoms with E-state index >= 15 is 0 Å². The van der Waals surface area contributed by atoms with Gasteiger partial charge in [0.1, 0.15) is 5.69 Å². The number of nitrogens with zero attached hydrogens (tertiary/aromatic N) is 1. The Labute approximate surface area is 82.4 Å². The molecule has 14 heavy (non-hydrogen) atoms. The highest BCUT2D eigenvalue weighted by Gasteiger charge is 2.11. The van der Waals surface area contributed by atoms with E-state index in [2.05, 4.69) is 9.57 Å². The molecule has 0 saturated carbocycles. The fraction of sp³-hybridized carbons (Fsp3) is 0.444. The summed E-state index contributed by atoms with van der Waals surface area (Å²) in [5, 5.41) is 0. The Morgan fingerprint density at radius 3 is 2.93 bits per heavy atom. The van der Waals surface area contributed by atoms with Gasteiger partial charge in [0.2, 0.25) is 0 Å². The number of aryl methyl sites for hydroxylation is 1. The molecule has 0 aliphatic rings. The van der Waals surface area contributed by atoms with Gasteiger partial charge < -0.3 is 14.1 Å². The summed E-state index contributed by atoms with van der Waals surface area (Å²) in [7, 11) is 3.15. The van der Waals surface area contributed by atoms with Crippen LogP contribution in [-0.4, -0.2) is 24.3 Å². The molecule has 0 aromatic carbocycles. The summed E-state index contributed by atoms with van der Waals surface area (Å²) >= 11 is 0. The minimum Gasteiger partial charge on any atom is -0.464 e. The summed E-state index contributed by atoms with van der Waals surface area (Å²) < 4.78 is 6.34. The van der Waals surface area contributed by atoms with Crippen molar-refractivity contribution in [2.75, 3.05) is 13.7 Å². The van der Waals surface area contributed by atoms with Gasteiger partial charge in [-0.3, -0.25) is 0 Å². The van der Waals surface area contributed by atoms with Gasteiger partial charge in [-0.15, -0.1) is 0 Å². The standard InChI is InChI=1S/C9H14N2O3/c1-11-6-7(3-4-14-10)5-8(11)9(12)13-2/h5-6H,3-4,10H2,1-2H3. The Morgan fingerprint density at radius 1 is 1.64 bits per heavy atom. The summed E-state index contributed by atoms with van der Waals surface area (Å²) in [4.78, 5) is 15.7. The molecule has 0 aliphatic carbocycles. The minimum atomic E-state index is -0.340. The summed E-state index contributed by atoms with van der Waals surface area (Å²) in [5.41, 5.74) is 1.53. The topological polar surface area (TPSA) is 66.5 Å². The zero-order valence-corrected chi connectivity index (χ0v) is 8.32. The van der Waals surface area contributed by atoms with E-state index in [1.165, 1.54) is 7.11 Å². The van der Waals surface area contributed by atoms with Crippen LogP contribution < -0.4 is 5.90 Å². The van der Waals surface area contributed by atoms with Crippen molar-refractivity contribution in [1.29, 1.82) is 0 Å². The number of nitrogens with two attached hydrogens (primary N) is 1. The first-order valence-electron chi connectivity index (χ1n) is 4.24. The van der Waals surface area contributed by atoms with Gasteiger partial charge >= 0.3 is 5.97 Å². The van der Waals surface area contributed by atoms with Crippen LogP contribution in [0, 0.1) is 0 Å². The Morgan fingerprint density at radius 2 is 2.36 bits per heavy atom. The lowest BCUT2D eigenvalue weighted by Gasteiger charge is -1.98. The molecular weight excluding hydrogens is 184 g/mol. The van der Waals surface area contributed by atoms with E-state index in [0.717, 1.165) is 5.56 Å². The van der Waals surface area contributed by atoms with Crippen LogP contribution in [0.25, 0.3) is 0 Å². The molecule has 0 spiro atoms. The zero-order chi connectivity index (χ0) is 10.6. The second kappa shape index (κ2) is 4.78. The van der Waals surface area contributed by atoms with E-state index in [9.17, 15) is 4.79 Å². The van der Waals surface area contributed by atoms with Crippen molar-refractivity contribution in [3.05, 3.63) is 23.5 Å². The van der Waals surface area contributed by atoms with Gasteiger partial charge in [0.05, 0.1) is 13.7 Å². The third-order valence-corrected chi connectivity index (χ3v) is 1.96. The Kier molecular flexibility index (Phi) is 3.67. The summed E-state index contributed by atoms with van der Waals surface area (Å²) in [6.45, 7) is 0.435. The van der Waals surface area contributed by atoms with Crippen LogP contribution in [0.3, 0.4) is 0 Å². The van der Waals surface area contributed by atoms with Crippen molar-refractivity contribution in [2.24, 2.45) is 12.9 Å². The molecule has 0 fully saturated rings. The number of hydrogen-bond acceptors (Lipinski definition) is 4. The van der Waals surface area contributed by atoms with Crippen molar-refractivity contribution < 1.29 is 14.4 Å². The number of rotatable bonds is 4. The maximum Gasteiger partial charge on any atom is 0.354 e. The van der Waals surface area contributed by atoms with Crippen molar-refractivity contribution in [2.45, 2.75) is 6.42 Å². The van der Waals surface area contributed by atoms with Crippen LogP contribution in [0.1, 0.15) is 16.1 Å². The fourth-order valence-electron chi connectivity index (χ4n) is 1.25. The number of aromatic nitrogens is 1. The molecule has 0 atom stereocenters. The highest BCUT2D eigenvalue weighted by Crippen LogP contribution is 2.09. The molecule has 5 nitrogen and oxygen atoms in total. The van der Waals surface area contributed by atoms with E-state index in [1.807, 2.05) is 6.20 Å². The maximum atomic E-state index is 11.2. The molecule has 0 unspecified atom stereocenters. The van der Waals surface area contributed by atoms with Gasteiger partial charge in [0.25, 0.3) is 0 Å². The van der Waals surface area contributed by atoms with Crippen LogP contribution >= 0.6 is 0 Å². The third kappa shape index (κ3) is 2.34. The third-order valence-electron chi connectivity index (χ3n) is 1.96. The minimum absolute atomic E-state index is 0.340. The van der Waals surface area contributed by atoms with E-state index in [0.29, 0.717) is 18.7 Å². The largest absolute Gasteiger partial charge is 0.464 e. The van der Waals surface area contributed by atoms with Crippen LogP contribution in [0.2, 0.25) is 0 Å². The number of carbonyl (C=O) groups is 1. The molecule has 0 amide bonds. The molecule has 78 valence electrons. The van der Waals surface area contributed by atoms with Gasteiger partial charge in [0, 0.05) is 13.2 Å². The highest BCUT2D eigenvalue weighted by molar-refractivity contribution is 5.87. The van der Waals surface area contributed by atoms with Gasteiger partial charge in [-0.1, -0.05) is 0 Å². The van der Waals surface area contributed by atoms with Gasteiger partial charge in [-0.05, 0) is 18.1 Å². The Balaban J connectivity index is 2.77. The average molecular weight is 198 g/mol. The van der Waals surface area contributed by atoms with Gasteiger partial charge in [-0.2, -0.15) is 0 Å². The normalized spacial score (nSPS) is 10.2. The lowest BCUT2D eigenvalue weighted by atomic mass is 10.2. The van der Waals surface area contributed by atoms with Crippen LogP contribution in [0.15, 0.2) is 12.3 Å². The molecule has 0 saturated heterocycles. The van der Waals surface area contributed by atoms with Gasteiger partial charge in [-0.25, -0.2) is 10.7 Å².